The number of methoxy groups -OCH3 is 2. The lowest BCUT2D eigenvalue weighted by Gasteiger charge is -2.26. The second-order valence-electron chi connectivity index (χ2n) is 5.48. The fraction of sp³-hybridized carbons (Fsp3) is 0.375. The maximum atomic E-state index is 13.7. The zero-order valence-electron chi connectivity index (χ0n) is 14.5. The number of hydrogen-bond donors (Lipinski definition) is 2. The summed E-state index contributed by atoms with van der Waals surface area (Å²) in [5.74, 6) is -12.0. The van der Waals surface area contributed by atoms with E-state index in [1.54, 1.807) is 0 Å². The molecule has 0 bridgehead atoms. The van der Waals surface area contributed by atoms with Crippen LogP contribution in [0.2, 0.25) is 0 Å². The van der Waals surface area contributed by atoms with E-state index in [-0.39, 0.29) is 12.1 Å². The Kier molecular flexibility index (Phi) is 7.32. The molecule has 2 atom stereocenters. The van der Waals surface area contributed by atoms with Gasteiger partial charge in [-0.2, -0.15) is 0 Å². The molecule has 1 rings (SSSR count). The van der Waals surface area contributed by atoms with Crippen LogP contribution in [0.4, 0.5) is 13.2 Å². The van der Waals surface area contributed by atoms with Crippen molar-refractivity contribution in [2.45, 2.75) is 13.0 Å². The summed E-state index contributed by atoms with van der Waals surface area (Å²) in [6.07, 6.45) is 0. The van der Waals surface area contributed by atoms with E-state index in [4.69, 9.17) is 5.73 Å². The molecule has 0 radical (unpaired) electrons. The van der Waals surface area contributed by atoms with Gasteiger partial charge in [0.2, 0.25) is 5.91 Å². The number of benzene rings is 1. The van der Waals surface area contributed by atoms with E-state index in [1.165, 1.54) is 6.92 Å². The predicted molar refractivity (Wildman–Crippen MR) is 83.5 cm³/mol. The maximum absolute atomic E-state index is 13.7. The van der Waals surface area contributed by atoms with Gasteiger partial charge in [-0.1, -0.05) is 6.92 Å². The summed E-state index contributed by atoms with van der Waals surface area (Å²) < 4.78 is 49.4. The molecular formula is C16H17F3N2O6. The van der Waals surface area contributed by atoms with E-state index < -0.39 is 64.6 Å². The number of halogens is 3. The van der Waals surface area contributed by atoms with Gasteiger partial charge >= 0.3 is 11.9 Å². The van der Waals surface area contributed by atoms with E-state index in [9.17, 15) is 32.3 Å². The van der Waals surface area contributed by atoms with Crippen LogP contribution >= 0.6 is 0 Å². The summed E-state index contributed by atoms with van der Waals surface area (Å²) in [6, 6.07) is -1.16. The second kappa shape index (κ2) is 9.01. The molecule has 0 spiro atoms. The Hall–Kier alpha value is -3.11. The quantitative estimate of drug-likeness (QED) is 0.509. The molecule has 0 aliphatic heterocycles. The molecule has 0 aromatic heterocycles. The first-order valence-corrected chi connectivity index (χ1v) is 7.45. The van der Waals surface area contributed by atoms with Crippen LogP contribution in [0.15, 0.2) is 12.1 Å². The first kappa shape index (κ1) is 21.9. The van der Waals surface area contributed by atoms with Gasteiger partial charge < -0.3 is 20.5 Å². The van der Waals surface area contributed by atoms with Gasteiger partial charge in [-0.25, -0.2) is 13.2 Å². The topological polar surface area (TPSA) is 125 Å². The van der Waals surface area contributed by atoms with Gasteiger partial charge in [0.25, 0.3) is 5.91 Å². The SMILES string of the molecule is COC(=O)C(C(=O)OC)[C@H](C)[C@@H](NC(=O)c1c(F)cc(F)cc1F)C(N)=O. The van der Waals surface area contributed by atoms with Crippen LogP contribution in [0.25, 0.3) is 0 Å². The number of nitrogens with two attached hydrogens (primary N) is 1. The lowest BCUT2D eigenvalue weighted by atomic mass is 9.86. The monoisotopic (exact) mass is 390 g/mol. The molecule has 27 heavy (non-hydrogen) atoms. The number of nitrogens with one attached hydrogen (secondary N) is 1. The Morgan fingerprint density at radius 1 is 1.00 bits per heavy atom. The van der Waals surface area contributed by atoms with E-state index in [0.717, 1.165) is 14.2 Å². The number of carbonyl (C=O) groups excluding carboxylic acids is 4. The minimum atomic E-state index is -1.70. The Labute approximate surface area is 151 Å². The van der Waals surface area contributed by atoms with Crippen molar-refractivity contribution >= 4 is 23.8 Å². The summed E-state index contributed by atoms with van der Waals surface area (Å²) in [5.41, 5.74) is 4.02. The molecule has 2 amide bonds. The summed E-state index contributed by atoms with van der Waals surface area (Å²) in [6.45, 7) is 1.20. The van der Waals surface area contributed by atoms with E-state index in [0.29, 0.717) is 0 Å². The molecule has 1 aromatic rings. The molecule has 0 heterocycles. The number of carbonyl (C=O) groups is 4. The molecule has 11 heteroatoms. The highest BCUT2D eigenvalue weighted by atomic mass is 19.1. The number of rotatable bonds is 7. The van der Waals surface area contributed by atoms with Gasteiger partial charge in [0, 0.05) is 18.1 Å². The standard InChI is InChI=1S/C16H17F3N2O6/c1-6(10(15(24)26-2)16(25)27-3)12(13(20)22)21-14(23)11-8(18)4-7(17)5-9(11)19/h4-6,10,12H,1-3H3,(H2,20,22)(H,21,23)/t6-,12+/m0/s1. The van der Waals surface area contributed by atoms with Crippen LogP contribution in [-0.4, -0.2) is 44.0 Å². The highest BCUT2D eigenvalue weighted by Crippen LogP contribution is 2.21. The lowest BCUT2D eigenvalue weighted by molar-refractivity contribution is -0.161. The van der Waals surface area contributed by atoms with Gasteiger partial charge in [-0.15, -0.1) is 0 Å². The van der Waals surface area contributed by atoms with Gasteiger partial charge in [0.05, 0.1) is 14.2 Å². The average Bonchev–Trinajstić information content (AvgIpc) is 2.57. The van der Waals surface area contributed by atoms with Gasteiger partial charge in [0.1, 0.15) is 29.1 Å². The number of esters is 2. The third-order valence-electron chi connectivity index (χ3n) is 3.79. The van der Waals surface area contributed by atoms with Gasteiger partial charge in [0.15, 0.2) is 5.92 Å². The van der Waals surface area contributed by atoms with Crippen molar-refractivity contribution < 1.29 is 41.8 Å². The number of ether oxygens (including phenoxy) is 2. The first-order valence-electron chi connectivity index (χ1n) is 7.45. The van der Waals surface area contributed by atoms with Crippen molar-refractivity contribution in [1.29, 1.82) is 0 Å². The fourth-order valence-electron chi connectivity index (χ4n) is 2.41. The number of hydrogen-bond acceptors (Lipinski definition) is 6. The average molecular weight is 390 g/mol. The minimum absolute atomic E-state index is 0.270. The zero-order valence-corrected chi connectivity index (χ0v) is 14.5. The molecule has 8 nitrogen and oxygen atoms in total. The molecule has 0 unspecified atom stereocenters. The van der Waals surface area contributed by atoms with E-state index in [2.05, 4.69) is 9.47 Å². The highest BCUT2D eigenvalue weighted by molar-refractivity contribution is 5.99. The Morgan fingerprint density at radius 2 is 1.44 bits per heavy atom. The predicted octanol–water partition coefficient (Wildman–Crippen LogP) is 0.286. The van der Waals surface area contributed by atoms with Crippen molar-refractivity contribution in [3.05, 3.63) is 35.1 Å². The molecule has 1 aromatic carbocycles. The molecule has 0 saturated carbocycles. The first-order chi connectivity index (χ1) is 12.5. The molecular weight excluding hydrogens is 373 g/mol. The molecule has 0 aliphatic rings. The molecule has 3 N–H and O–H groups in total. The van der Waals surface area contributed by atoms with Crippen LogP contribution in [0, 0.1) is 29.3 Å². The molecule has 0 saturated heterocycles. The zero-order chi connectivity index (χ0) is 20.9. The Morgan fingerprint density at radius 3 is 1.81 bits per heavy atom. The lowest BCUT2D eigenvalue weighted by Crippen LogP contribution is -2.53. The van der Waals surface area contributed by atoms with Crippen LogP contribution in [0.1, 0.15) is 17.3 Å². The molecule has 0 aliphatic carbocycles. The largest absolute Gasteiger partial charge is 0.468 e. The van der Waals surface area contributed by atoms with Gasteiger partial charge in [-0.05, 0) is 0 Å². The van der Waals surface area contributed by atoms with Crippen molar-refractivity contribution in [2.75, 3.05) is 14.2 Å². The van der Waals surface area contributed by atoms with Crippen molar-refractivity contribution in [3.8, 4) is 0 Å². The van der Waals surface area contributed by atoms with E-state index in [1.807, 2.05) is 5.32 Å². The summed E-state index contributed by atoms with van der Waals surface area (Å²) in [7, 11) is 1.96. The maximum Gasteiger partial charge on any atom is 0.320 e. The van der Waals surface area contributed by atoms with Crippen LogP contribution in [-0.2, 0) is 23.9 Å². The normalized spacial score (nSPS) is 12.9. The molecule has 148 valence electrons. The number of primary amides is 1. The molecule has 0 fully saturated rings. The Bertz CT molecular complexity index is 732. The van der Waals surface area contributed by atoms with Crippen LogP contribution in [0.5, 0.6) is 0 Å². The van der Waals surface area contributed by atoms with Crippen molar-refractivity contribution in [3.63, 3.8) is 0 Å². The fourth-order valence-corrected chi connectivity index (χ4v) is 2.41. The summed E-state index contributed by atoms with van der Waals surface area (Å²) in [4.78, 5) is 47.5. The van der Waals surface area contributed by atoms with Crippen LogP contribution < -0.4 is 11.1 Å². The second-order valence-corrected chi connectivity index (χ2v) is 5.48. The smallest absolute Gasteiger partial charge is 0.320 e. The number of amides is 2. The van der Waals surface area contributed by atoms with E-state index >= 15 is 0 Å². The summed E-state index contributed by atoms with van der Waals surface area (Å²) in [5, 5.41) is 1.94. The van der Waals surface area contributed by atoms with Crippen molar-refractivity contribution in [1.82, 2.24) is 5.32 Å². The van der Waals surface area contributed by atoms with Crippen molar-refractivity contribution in [2.24, 2.45) is 17.6 Å². The minimum Gasteiger partial charge on any atom is -0.468 e. The van der Waals surface area contributed by atoms with Crippen LogP contribution in [0.3, 0.4) is 0 Å². The third kappa shape index (κ3) is 4.96. The Balaban J connectivity index is 3.22. The summed E-state index contributed by atoms with van der Waals surface area (Å²) >= 11 is 0. The highest BCUT2D eigenvalue weighted by Gasteiger charge is 2.41. The third-order valence-corrected chi connectivity index (χ3v) is 3.79. The van der Waals surface area contributed by atoms with Gasteiger partial charge in [-0.3, -0.25) is 19.2 Å².